The first-order valence-electron chi connectivity index (χ1n) is 13.0. The quantitative estimate of drug-likeness (QED) is 0.209. The summed E-state index contributed by atoms with van der Waals surface area (Å²) in [5.41, 5.74) is -1.65. The van der Waals surface area contributed by atoms with Crippen LogP contribution in [-0.2, 0) is 24.5 Å². The van der Waals surface area contributed by atoms with E-state index < -0.39 is 40.1 Å². The summed E-state index contributed by atoms with van der Waals surface area (Å²) in [5, 5.41) is 3.72. The molecule has 0 fully saturated rings. The standard InChI is InChI=1S/C31H26F4N4O3/c1-4-37-28(18-42-17-21-11-6-5-7-12-21)36-39(30(37)41)27-15-22-23(14-25(27)32)29(40)38(26-13-9-8-10-19(26)2)16-24(22)20(3)31(33,34)35/h5-16H,3-4,17-18H2,1-2H3. The van der Waals surface area contributed by atoms with Crippen LogP contribution in [0.25, 0.3) is 27.7 Å². The lowest BCUT2D eigenvalue weighted by Crippen LogP contribution is -2.25. The predicted octanol–water partition coefficient (Wildman–Crippen LogP) is 6.10. The predicted molar refractivity (Wildman–Crippen MR) is 151 cm³/mol. The first-order valence-corrected chi connectivity index (χ1v) is 13.0. The van der Waals surface area contributed by atoms with Crippen LogP contribution in [0.5, 0.6) is 0 Å². The summed E-state index contributed by atoms with van der Waals surface area (Å²) in [6, 6.07) is 17.8. The maximum absolute atomic E-state index is 15.6. The minimum atomic E-state index is -4.85. The van der Waals surface area contributed by atoms with E-state index in [4.69, 9.17) is 4.74 Å². The van der Waals surface area contributed by atoms with E-state index in [0.29, 0.717) is 11.3 Å². The normalized spacial score (nSPS) is 11.8. The number of nitrogens with zero attached hydrogens (tertiary/aromatic N) is 4. The largest absolute Gasteiger partial charge is 0.416 e. The number of ether oxygens (including phenoxy) is 1. The van der Waals surface area contributed by atoms with Crippen LogP contribution in [0.3, 0.4) is 0 Å². The molecule has 0 saturated carbocycles. The maximum Gasteiger partial charge on any atom is 0.416 e. The second kappa shape index (κ2) is 11.2. The lowest BCUT2D eigenvalue weighted by molar-refractivity contribution is -0.0686. The molecular formula is C31H26F4N4O3. The number of para-hydroxylation sites is 1. The second-order valence-corrected chi connectivity index (χ2v) is 9.66. The average molecular weight is 579 g/mol. The molecule has 5 aromatic rings. The Hall–Kier alpha value is -4.77. The summed E-state index contributed by atoms with van der Waals surface area (Å²) in [7, 11) is 0. The number of aromatic nitrogens is 4. The van der Waals surface area contributed by atoms with Crippen molar-refractivity contribution in [3.05, 3.63) is 129 Å². The number of alkyl halides is 3. The molecule has 42 heavy (non-hydrogen) atoms. The third-order valence-corrected chi connectivity index (χ3v) is 6.95. The fourth-order valence-electron chi connectivity index (χ4n) is 4.77. The van der Waals surface area contributed by atoms with Gasteiger partial charge in [-0.3, -0.25) is 13.9 Å². The maximum atomic E-state index is 15.6. The summed E-state index contributed by atoms with van der Waals surface area (Å²) in [5.74, 6) is -0.807. The lowest BCUT2D eigenvalue weighted by atomic mass is 10.00. The molecule has 216 valence electrons. The van der Waals surface area contributed by atoms with Crippen molar-refractivity contribution >= 4 is 16.3 Å². The number of hydrogen-bond donors (Lipinski definition) is 0. The first-order chi connectivity index (χ1) is 20.0. The molecule has 0 spiro atoms. The number of allylic oxidation sites excluding steroid dienone is 1. The molecule has 7 nitrogen and oxygen atoms in total. The Morgan fingerprint density at radius 1 is 0.952 bits per heavy atom. The Balaban J connectivity index is 1.66. The fourth-order valence-corrected chi connectivity index (χ4v) is 4.77. The smallest absolute Gasteiger partial charge is 0.369 e. The van der Waals surface area contributed by atoms with Gasteiger partial charge < -0.3 is 4.74 Å². The van der Waals surface area contributed by atoms with Gasteiger partial charge in [-0.2, -0.15) is 17.9 Å². The Labute approximate surface area is 237 Å². The molecule has 2 aromatic heterocycles. The Bertz CT molecular complexity index is 1920. The number of hydrogen-bond acceptors (Lipinski definition) is 4. The van der Waals surface area contributed by atoms with Crippen molar-refractivity contribution in [1.82, 2.24) is 18.9 Å². The van der Waals surface area contributed by atoms with Crippen molar-refractivity contribution < 1.29 is 22.3 Å². The Kier molecular flexibility index (Phi) is 7.70. The summed E-state index contributed by atoms with van der Waals surface area (Å²) < 4.78 is 66.3. The van der Waals surface area contributed by atoms with Gasteiger partial charge in [-0.05, 0) is 48.6 Å². The number of aryl methyl sites for hydroxylation is 1. The highest BCUT2D eigenvalue weighted by Gasteiger charge is 2.35. The van der Waals surface area contributed by atoms with Gasteiger partial charge in [-0.1, -0.05) is 55.1 Å². The number of fused-ring (bicyclic) bond motifs is 1. The van der Waals surface area contributed by atoms with Gasteiger partial charge in [0.1, 0.15) is 18.1 Å². The molecule has 0 radical (unpaired) electrons. The highest BCUT2D eigenvalue weighted by molar-refractivity contribution is 5.95. The zero-order chi connectivity index (χ0) is 30.2. The van der Waals surface area contributed by atoms with Crippen molar-refractivity contribution in [2.75, 3.05) is 0 Å². The van der Waals surface area contributed by atoms with Crippen LogP contribution in [-0.4, -0.2) is 25.1 Å². The van der Waals surface area contributed by atoms with Crippen LogP contribution in [0, 0.1) is 12.7 Å². The van der Waals surface area contributed by atoms with Gasteiger partial charge in [0.15, 0.2) is 5.82 Å². The minimum Gasteiger partial charge on any atom is -0.369 e. The number of rotatable bonds is 8. The molecule has 0 atom stereocenters. The summed E-state index contributed by atoms with van der Waals surface area (Å²) >= 11 is 0. The highest BCUT2D eigenvalue weighted by atomic mass is 19.4. The zero-order valence-electron chi connectivity index (χ0n) is 22.8. The van der Waals surface area contributed by atoms with E-state index in [1.807, 2.05) is 30.3 Å². The molecule has 0 unspecified atom stereocenters. The van der Waals surface area contributed by atoms with Crippen molar-refractivity contribution in [2.24, 2.45) is 0 Å². The molecule has 2 heterocycles. The van der Waals surface area contributed by atoms with Gasteiger partial charge in [-0.15, -0.1) is 5.10 Å². The highest BCUT2D eigenvalue weighted by Crippen LogP contribution is 2.36. The molecule has 11 heteroatoms. The first kappa shape index (κ1) is 28.7. The molecule has 0 N–H and O–H groups in total. The molecule has 3 aromatic carbocycles. The molecule has 5 rings (SSSR count). The molecule has 0 bridgehead atoms. The van der Waals surface area contributed by atoms with Gasteiger partial charge in [0.05, 0.1) is 23.3 Å². The van der Waals surface area contributed by atoms with Crippen molar-refractivity contribution in [1.29, 1.82) is 0 Å². The number of halogens is 4. The third-order valence-electron chi connectivity index (χ3n) is 6.95. The van der Waals surface area contributed by atoms with E-state index >= 15 is 4.39 Å². The lowest BCUT2D eigenvalue weighted by Gasteiger charge is -2.18. The van der Waals surface area contributed by atoms with E-state index in [1.165, 1.54) is 4.57 Å². The summed E-state index contributed by atoms with van der Waals surface area (Å²) in [6.07, 6.45) is -3.81. The van der Waals surface area contributed by atoms with Crippen LogP contribution in [0.4, 0.5) is 17.6 Å². The van der Waals surface area contributed by atoms with Gasteiger partial charge >= 0.3 is 11.9 Å². The topological polar surface area (TPSA) is 71.0 Å². The molecule has 0 amide bonds. The van der Waals surface area contributed by atoms with Gasteiger partial charge in [0.2, 0.25) is 0 Å². The van der Waals surface area contributed by atoms with E-state index in [1.54, 1.807) is 38.1 Å². The van der Waals surface area contributed by atoms with E-state index in [0.717, 1.165) is 33.1 Å². The molecule has 0 saturated heterocycles. The SMILES string of the molecule is C=C(c1cn(-c2ccccc2C)c(=O)c2cc(F)c(-n3nc(COCc4ccccc4)n(CC)c3=O)cc12)C(F)(F)F. The zero-order valence-corrected chi connectivity index (χ0v) is 22.8. The van der Waals surface area contributed by atoms with E-state index in [9.17, 15) is 22.8 Å². The van der Waals surface area contributed by atoms with Crippen LogP contribution >= 0.6 is 0 Å². The summed E-state index contributed by atoms with van der Waals surface area (Å²) in [4.78, 5) is 26.7. The third kappa shape index (κ3) is 5.30. The van der Waals surface area contributed by atoms with Gasteiger partial charge in [0.25, 0.3) is 5.56 Å². The summed E-state index contributed by atoms with van der Waals surface area (Å²) in [6.45, 7) is 6.99. The van der Waals surface area contributed by atoms with Crippen molar-refractivity contribution in [3.8, 4) is 11.4 Å². The van der Waals surface area contributed by atoms with Gasteiger partial charge in [-0.25, -0.2) is 9.18 Å². The van der Waals surface area contributed by atoms with Crippen LogP contribution in [0.1, 0.15) is 29.4 Å². The number of benzene rings is 3. The van der Waals surface area contributed by atoms with Crippen LogP contribution < -0.4 is 11.2 Å². The molecule has 0 aliphatic rings. The average Bonchev–Trinajstić information content (AvgIpc) is 3.28. The Morgan fingerprint density at radius 3 is 2.31 bits per heavy atom. The monoisotopic (exact) mass is 578 g/mol. The Morgan fingerprint density at radius 2 is 1.64 bits per heavy atom. The number of pyridine rings is 1. The van der Waals surface area contributed by atoms with Crippen LogP contribution in [0.15, 0.2) is 89.1 Å². The van der Waals surface area contributed by atoms with Gasteiger partial charge in [0, 0.05) is 18.3 Å². The van der Waals surface area contributed by atoms with Crippen LogP contribution in [0.2, 0.25) is 0 Å². The van der Waals surface area contributed by atoms with Crippen molar-refractivity contribution in [3.63, 3.8) is 0 Å². The molecular weight excluding hydrogens is 552 g/mol. The van der Waals surface area contributed by atoms with Crippen molar-refractivity contribution in [2.45, 2.75) is 39.8 Å². The van der Waals surface area contributed by atoms with E-state index in [2.05, 4.69) is 11.7 Å². The fraction of sp³-hybridized carbons (Fsp3) is 0.194. The molecule has 0 aliphatic heterocycles. The minimum absolute atomic E-state index is 0.0720. The van der Waals surface area contributed by atoms with E-state index in [-0.39, 0.29) is 36.4 Å². The second-order valence-electron chi connectivity index (χ2n) is 9.66. The molecule has 0 aliphatic carbocycles.